The highest BCUT2D eigenvalue weighted by Gasteiger charge is 2.46. The van der Waals surface area contributed by atoms with Crippen LogP contribution in [0.3, 0.4) is 0 Å². The standard InChI is InChI=1S/C38H32/c1-5-6-10-29-25-30(20-19-28(29)4)33-12-9-14-36-37(33)34-11-7-8-13-35(34)38(36,31-21-15-26(2)16-22-31)32-23-17-27(3)18-24-32/h5-25H,1H2,2-4H3. The van der Waals surface area contributed by atoms with Gasteiger partial charge in [-0.15, -0.1) is 0 Å². The average molecular weight is 489 g/mol. The Morgan fingerprint density at radius 1 is 0.605 bits per heavy atom. The number of hydrogen-bond donors (Lipinski definition) is 0. The number of benzene rings is 5. The second-order valence-electron chi connectivity index (χ2n) is 10.4. The van der Waals surface area contributed by atoms with Gasteiger partial charge in [-0.05, 0) is 82.5 Å². The zero-order valence-corrected chi connectivity index (χ0v) is 22.3. The van der Waals surface area contributed by atoms with Gasteiger partial charge in [-0.2, -0.15) is 0 Å². The molecule has 0 spiro atoms. The quantitative estimate of drug-likeness (QED) is 0.212. The first-order valence-corrected chi connectivity index (χ1v) is 13.3. The molecule has 0 atom stereocenters. The Labute approximate surface area is 226 Å². The first kappa shape index (κ1) is 23.9. The molecule has 0 bridgehead atoms. The molecule has 184 valence electrons. The molecule has 0 saturated carbocycles. The van der Waals surface area contributed by atoms with Crippen molar-refractivity contribution in [2.24, 2.45) is 0 Å². The fourth-order valence-electron chi connectivity index (χ4n) is 6.12. The Balaban J connectivity index is 1.71. The molecule has 1 aliphatic carbocycles. The Morgan fingerprint density at radius 2 is 1.21 bits per heavy atom. The molecule has 0 nitrogen and oxygen atoms in total. The Kier molecular flexibility index (Phi) is 5.97. The summed E-state index contributed by atoms with van der Waals surface area (Å²) in [6.07, 6.45) is 5.99. The van der Waals surface area contributed by atoms with Crippen molar-refractivity contribution in [2.45, 2.75) is 26.2 Å². The smallest absolute Gasteiger partial charge is 0.0713 e. The summed E-state index contributed by atoms with van der Waals surface area (Å²) >= 11 is 0. The summed E-state index contributed by atoms with van der Waals surface area (Å²) in [5, 5.41) is 0. The molecule has 0 fully saturated rings. The van der Waals surface area contributed by atoms with Crippen molar-refractivity contribution in [1.82, 2.24) is 0 Å². The lowest BCUT2D eigenvalue weighted by atomic mass is 9.67. The minimum Gasteiger partial charge on any atom is -0.0991 e. The number of allylic oxidation sites excluding steroid dienone is 2. The SMILES string of the molecule is C=CC=Cc1cc(-c2cccc3c2-c2ccccc2C3(c2ccc(C)cc2)c2ccc(C)cc2)ccc1C. The van der Waals surface area contributed by atoms with E-state index in [9.17, 15) is 0 Å². The van der Waals surface area contributed by atoms with E-state index >= 15 is 0 Å². The van der Waals surface area contributed by atoms with Crippen molar-refractivity contribution in [3.05, 3.63) is 172 Å². The first-order chi connectivity index (χ1) is 18.5. The van der Waals surface area contributed by atoms with E-state index in [1.807, 2.05) is 12.2 Å². The minimum atomic E-state index is -0.389. The Hall–Kier alpha value is -4.42. The summed E-state index contributed by atoms with van der Waals surface area (Å²) in [4.78, 5) is 0. The highest BCUT2D eigenvalue weighted by Crippen LogP contribution is 2.58. The van der Waals surface area contributed by atoms with Crippen molar-refractivity contribution in [2.75, 3.05) is 0 Å². The van der Waals surface area contributed by atoms with Crippen molar-refractivity contribution in [3.8, 4) is 22.3 Å². The second-order valence-corrected chi connectivity index (χ2v) is 10.4. The van der Waals surface area contributed by atoms with Crippen LogP contribution in [0.25, 0.3) is 28.3 Å². The number of fused-ring (bicyclic) bond motifs is 3. The highest BCUT2D eigenvalue weighted by molar-refractivity contribution is 5.95. The molecule has 0 aromatic heterocycles. The van der Waals surface area contributed by atoms with Crippen LogP contribution in [0.5, 0.6) is 0 Å². The fourth-order valence-corrected chi connectivity index (χ4v) is 6.12. The lowest BCUT2D eigenvalue weighted by molar-refractivity contribution is 0.767. The van der Waals surface area contributed by atoms with Gasteiger partial charge in [0.15, 0.2) is 0 Å². The largest absolute Gasteiger partial charge is 0.0991 e. The van der Waals surface area contributed by atoms with Crippen LogP contribution in [0.15, 0.2) is 128 Å². The van der Waals surface area contributed by atoms with Gasteiger partial charge in [0.1, 0.15) is 0 Å². The van der Waals surface area contributed by atoms with Crippen molar-refractivity contribution in [1.29, 1.82) is 0 Å². The summed E-state index contributed by atoms with van der Waals surface area (Å²) in [6.45, 7) is 10.3. The lowest BCUT2D eigenvalue weighted by Crippen LogP contribution is -2.28. The van der Waals surface area contributed by atoms with Gasteiger partial charge < -0.3 is 0 Å². The van der Waals surface area contributed by atoms with Crippen LogP contribution in [0.4, 0.5) is 0 Å². The maximum Gasteiger partial charge on any atom is 0.0713 e. The van der Waals surface area contributed by atoms with E-state index in [2.05, 4.69) is 143 Å². The maximum absolute atomic E-state index is 3.86. The van der Waals surface area contributed by atoms with Gasteiger partial charge in [0, 0.05) is 0 Å². The van der Waals surface area contributed by atoms with Crippen LogP contribution in [-0.2, 0) is 5.41 Å². The van der Waals surface area contributed by atoms with Gasteiger partial charge in [-0.25, -0.2) is 0 Å². The summed E-state index contributed by atoms with van der Waals surface area (Å²) in [5.74, 6) is 0. The summed E-state index contributed by atoms with van der Waals surface area (Å²) in [5.41, 5.74) is 15.0. The minimum absolute atomic E-state index is 0.389. The van der Waals surface area contributed by atoms with E-state index in [1.165, 1.54) is 66.8 Å². The van der Waals surface area contributed by atoms with Crippen LogP contribution in [-0.4, -0.2) is 0 Å². The van der Waals surface area contributed by atoms with Gasteiger partial charge in [-0.3, -0.25) is 0 Å². The van der Waals surface area contributed by atoms with Crippen LogP contribution < -0.4 is 0 Å². The fraction of sp³-hybridized carbons (Fsp3) is 0.105. The van der Waals surface area contributed by atoms with E-state index in [0.717, 1.165) is 0 Å². The molecule has 0 N–H and O–H groups in total. The lowest BCUT2D eigenvalue weighted by Gasteiger charge is -2.34. The zero-order chi connectivity index (χ0) is 26.3. The number of rotatable bonds is 5. The molecule has 0 aliphatic heterocycles. The van der Waals surface area contributed by atoms with Gasteiger partial charge in [0.25, 0.3) is 0 Å². The predicted octanol–water partition coefficient (Wildman–Crippen LogP) is 9.84. The molecule has 5 aromatic carbocycles. The molecule has 6 rings (SSSR count). The van der Waals surface area contributed by atoms with Crippen molar-refractivity contribution in [3.63, 3.8) is 0 Å². The summed E-state index contributed by atoms with van der Waals surface area (Å²) in [7, 11) is 0. The molecule has 0 radical (unpaired) electrons. The van der Waals surface area contributed by atoms with Crippen LogP contribution in [0.2, 0.25) is 0 Å². The molecular weight excluding hydrogens is 456 g/mol. The van der Waals surface area contributed by atoms with Crippen molar-refractivity contribution < 1.29 is 0 Å². The first-order valence-electron chi connectivity index (χ1n) is 13.3. The molecule has 0 heterocycles. The van der Waals surface area contributed by atoms with Gasteiger partial charge in [-0.1, -0.05) is 139 Å². The van der Waals surface area contributed by atoms with E-state index < -0.39 is 0 Å². The summed E-state index contributed by atoms with van der Waals surface area (Å²) < 4.78 is 0. The molecule has 5 aromatic rings. The van der Waals surface area contributed by atoms with Crippen LogP contribution in [0.1, 0.15) is 44.5 Å². The highest BCUT2D eigenvalue weighted by atomic mass is 14.5. The van der Waals surface area contributed by atoms with Gasteiger partial charge in [0.05, 0.1) is 5.41 Å². The average Bonchev–Trinajstić information content (AvgIpc) is 3.25. The molecule has 0 heteroatoms. The maximum atomic E-state index is 3.86. The number of hydrogen-bond acceptors (Lipinski definition) is 0. The zero-order valence-electron chi connectivity index (χ0n) is 22.3. The topological polar surface area (TPSA) is 0 Å². The third kappa shape index (κ3) is 3.68. The molecule has 1 aliphatic rings. The third-order valence-corrected chi connectivity index (χ3v) is 8.04. The Morgan fingerprint density at radius 3 is 1.87 bits per heavy atom. The monoisotopic (exact) mass is 488 g/mol. The molecular formula is C38H32. The van der Waals surface area contributed by atoms with E-state index in [1.54, 1.807) is 0 Å². The molecule has 0 saturated heterocycles. The van der Waals surface area contributed by atoms with E-state index in [4.69, 9.17) is 0 Å². The van der Waals surface area contributed by atoms with Crippen LogP contribution >= 0.6 is 0 Å². The summed E-state index contributed by atoms with van der Waals surface area (Å²) in [6, 6.07) is 40.9. The number of aryl methyl sites for hydroxylation is 3. The second kappa shape index (κ2) is 9.47. The van der Waals surface area contributed by atoms with Crippen molar-refractivity contribution >= 4 is 6.08 Å². The van der Waals surface area contributed by atoms with Gasteiger partial charge >= 0.3 is 0 Å². The predicted molar refractivity (Wildman–Crippen MR) is 163 cm³/mol. The molecule has 0 unspecified atom stereocenters. The third-order valence-electron chi connectivity index (χ3n) is 8.04. The van der Waals surface area contributed by atoms with Crippen LogP contribution in [0, 0.1) is 20.8 Å². The normalized spacial score (nSPS) is 13.3. The molecule has 0 amide bonds. The molecule has 38 heavy (non-hydrogen) atoms. The Bertz CT molecular complexity index is 1630. The van der Waals surface area contributed by atoms with E-state index in [0.29, 0.717) is 0 Å². The van der Waals surface area contributed by atoms with Gasteiger partial charge in [0.2, 0.25) is 0 Å². The van der Waals surface area contributed by atoms with E-state index in [-0.39, 0.29) is 5.41 Å².